The number of aromatic nitrogens is 4. The second-order valence-corrected chi connectivity index (χ2v) is 12.0. The van der Waals surface area contributed by atoms with E-state index in [1.54, 1.807) is 0 Å². The molecule has 47 heavy (non-hydrogen) atoms. The van der Waals surface area contributed by atoms with Crippen LogP contribution >= 0.6 is 0 Å². The summed E-state index contributed by atoms with van der Waals surface area (Å²) in [6, 6.07) is 55.6. The molecule has 0 radical (unpaired) electrons. The Hall–Kier alpha value is -6.39. The minimum absolute atomic E-state index is 0.601. The second-order valence-electron chi connectivity index (χ2n) is 12.0. The highest BCUT2D eigenvalue weighted by Gasteiger charge is 2.26. The standard InChI is InChI=1S/C43H26N4/c1-4-13-27(14-5-1)30-23-24-35-32-20-11-10-19-31(32)33-21-12-22-36-39(33)40-37(26-25-34(30)38(35)40)47(36)43-45-41(28-15-6-2-7-16-28)44-42(46-43)29-17-8-3-9-18-29/h1-26H. The van der Waals surface area contributed by atoms with Gasteiger partial charge in [0.05, 0.1) is 11.0 Å². The maximum atomic E-state index is 5.17. The Balaban J connectivity index is 1.37. The number of hydrogen-bond donors (Lipinski definition) is 0. The molecule has 0 bridgehead atoms. The maximum Gasteiger partial charge on any atom is 0.238 e. The van der Waals surface area contributed by atoms with E-state index in [4.69, 9.17) is 15.0 Å². The number of rotatable bonds is 4. The Kier molecular flexibility index (Phi) is 5.54. The number of benzene rings is 7. The first-order chi connectivity index (χ1) is 23.3. The van der Waals surface area contributed by atoms with Gasteiger partial charge in [-0.05, 0) is 50.9 Å². The van der Waals surface area contributed by atoms with E-state index in [-0.39, 0.29) is 0 Å². The Morgan fingerprint density at radius 1 is 0.319 bits per heavy atom. The van der Waals surface area contributed by atoms with Crippen molar-refractivity contribution in [3.8, 4) is 62.1 Å². The van der Waals surface area contributed by atoms with Crippen LogP contribution < -0.4 is 0 Å². The summed E-state index contributed by atoms with van der Waals surface area (Å²) in [5.74, 6) is 1.89. The van der Waals surface area contributed by atoms with Gasteiger partial charge in [0.15, 0.2) is 11.6 Å². The van der Waals surface area contributed by atoms with E-state index in [0.717, 1.165) is 22.2 Å². The molecule has 1 aliphatic rings. The quantitative estimate of drug-likeness (QED) is 0.202. The van der Waals surface area contributed by atoms with E-state index in [1.807, 2.05) is 36.4 Å². The molecule has 0 amide bonds. The fourth-order valence-corrected chi connectivity index (χ4v) is 7.38. The molecule has 0 spiro atoms. The van der Waals surface area contributed by atoms with Gasteiger partial charge in [0, 0.05) is 27.3 Å². The van der Waals surface area contributed by atoms with E-state index < -0.39 is 0 Å². The van der Waals surface area contributed by atoms with Crippen molar-refractivity contribution in [3.63, 3.8) is 0 Å². The average molecular weight is 599 g/mol. The van der Waals surface area contributed by atoms with Crippen molar-refractivity contribution in [3.05, 3.63) is 158 Å². The molecule has 0 fully saturated rings. The summed E-state index contributed by atoms with van der Waals surface area (Å²) in [6.45, 7) is 0. The van der Waals surface area contributed by atoms with Crippen LogP contribution in [0.3, 0.4) is 0 Å². The summed E-state index contributed by atoms with van der Waals surface area (Å²) in [6.07, 6.45) is 0. The first kappa shape index (κ1) is 25.9. The molecule has 9 aromatic rings. The largest absolute Gasteiger partial charge is 0.278 e. The van der Waals surface area contributed by atoms with Crippen molar-refractivity contribution < 1.29 is 0 Å². The molecular weight excluding hydrogens is 573 g/mol. The zero-order chi connectivity index (χ0) is 30.9. The Bertz CT molecular complexity index is 2600. The van der Waals surface area contributed by atoms with Crippen LogP contribution in [0.25, 0.3) is 94.7 Å². The minimum atomic E-state index is 0.601. The molecule has 4 nitrogen and oxygen atoms in total. The zero-order valence-corrected chi connectivity index (χ0v) is 25.3. The van der Waals surface area contributed by atoms with Gasteiger partial charge in [0.25, 0.3) is 0 Å². The summed E-state index contributed by atoms with van der Waals surface area (Å²) in [7, 11) is 0. The maximum absolute atomic E-state index is 5.17. The van der Waals surface area contributed by atoms with Gasteiger partial charge in [-0.2, -0.15) is 9.97 Å². The molecule has 2 aromatic heterocycles. The molecule has 4 heteroatoms. The fourth-order valence-electron chi connectivity index (χ4n) is 7.38. The first-order valence-corrected chi connectivity index (χ1v) is 15.9. The van der Waals surface area contributed by atoms with Crippen LogP contribution in [0.15, 0.2) is 158 Å². The molecular formula is C43H26N4. The van der Waals surface area contributed by atoms with Crippen LogP contribution in [0.1, 0.15) is 0 Å². The van der Waals surface area contributed by atoms with Gasteiger partial charge in [-0.3, -0.25) is 4.57 Å². The Morgan fingerprint density at radius 2 is 0.830 bits per heavy atom. The number of fused-ring (bicyclic) bond motifs is 3. The summed E-state index contributed by atoms with van der Waals surface area (Å²) in [5.41, 5.74) is 11.4. The number of nitrogens with zero attached hydrogens (tertiary/aromatic N) is 4. The summed E-state index contributed by atoms with van der Waals surface area (Å²) >= 11 is 0. The molecule has 218 valence electrons. The van der Waals surface area contributed by atoms with E-state index in [0.29, 0.717) is 17.6 Å². The highest BCUT2D eigenvalue weighted by molar-refractivity contribution is 6.31. The third kappa shape index (κ3) is 3.85. The fraction of sp³-hybridized carbons (Fsp3) is 0. The lowest BCUT2D eigenvalue weighted by Gasteiger charge is -2.15. The lowest BCUT2D eigenvalue weighted by atomic mass is 9.90. The summed E-state index contributed by atoms with van der Waals surface area (Å²) < 4.78 is 2.24. The van der Waals surface area contributed by atoms with Crippen LogP contribution in [0.2, 0.25) is 0 Å². The first-order valence-electron chi connectivity index (χ1n) is 15.9. The molecule has 0 unspecified atom stereocenters. The van der Waals surface area contributed by atoms with Gasteiger partial charge in [-0.25, -0.2) is 4.98 Å². The SMILES string of the molecule is c1ccc(-c2nc(-c3ccccc3)nc(-n3c4cccc5c4c4c6c(ccc(-c7ccccc7)c6ccc43)-c3ccccc3-5)n2)cc1. The zero-order valence-electron chi connectivity index (χ0n) is 25.3. The Morgan fingerprint density at radius 3 is 1.47 bits per heavy atom. The third-order valence-electron chi connectivity index (χ3n) is 9.41. The predicted octanol–water partition coefficient (Wildman–Crippen LogP) is 10.8. The van der Waals surface area contributed by atoms with E-state index in [2.05, 4.69) is 126 Å². The highest BCUT2D eigenvalue weighted by Crippen LogP contribution is 2.50. The minimum Gasteiger partial charge on any atom is -0.278 e. The molecule has 0 saturated heterocycles. The highest BCUT2D eigenvalue weighted by atomic mass is 15.2. The van der Waals surface area contributed by atoms with E-state index in [9.17, 15) is 0 Å². The average Bonchev–Trinajstić information content (AvgIpc) is 3.44. The van der Waals surface area contributed by atoms with Crippen molar-refractivity contribution in [2.45, 2.75) is 0 Å². The molecule has 0 atom stereocenters. The van der Waals surface area contributed by atoms with Gasteiger partial charge in [0.2, 0.25) is 5.95 Å². The monoisotopic (exact) mass is 598 g/mol. The van der Waals surface area contributed by atoms with Crippen LogP contribution in [-0.4, -0.2) is 19.5 Å². The lowest BCUT2D eigenvalue weighted by molar-refractivity contribution is 0.953. The van der Waals surface area contributed by atoms with Crippen molar-refractivity contribution in [1.82, 2.24) is 19.5 Å². The van der Waals surface area contributed by atoms with Gasteiger partial charge >= 0.3 is 0 Å². The molecule has 10 rings (SSSR count). The molecule has 2 heterocycles. The van der Waals surface area contributed by atoms with Crippen molar-refractivity contribution in [1.29, 1.82) is 0 Å². The second kappa shape index (κ2) is 10.1. The van der Waals surface area contributed by atoms with Gasteiger partial charge in [0.1, 0.15) is 0 Å². The van der Waals surface area contributed by atoms with Crippen LogP contribution in [-0.2, 0) is 0 Å². The predicted molar refractivity (Wildman–Crippen MR) is 192 cm³/mol. The van der Waals surface area contributed by atoms with Gasteiger partial charge < -0.3 is 0 Å². The van der Waals surface area contributed by atoms with Crippen molar-refractivity contribution >= 4 is 32.6 Å². The third-order valence-corrected chi connectivity index (χ3v) is 9.41. The van der Waals surface area contributed by atoms with Gasteiger partial charge in [-0.1, -0.05) is 146 Å². The van der Waals surface area contributed by atoms with Crippen molar-refractivity contribution in [2.24, 2.45) is 0 Å². The van der Waals surface area contributed by atoms with Crippen molar-refractivity contribution in [2.75, 3.05) is 0 Å². The molecule has 1 aliphatic carbocycles. The molecule has 0 N–H and O–H groups in total. The van der Waals surface area contributed by atoms with Crippen LogP contribution in [0.4, 0.5) is 0 Å². The molecule has 0 aliphatic heterocycles. The topological polar surface area (TPSA) is 43.6 Å². The Labute approximate surface area is 271 Å². The molecule has 7 aromatic carbocycles. The lowest BCUT2D eigenvalue weighted by Crippen LogP contribution is -2.06. The van der Waals surface area contributed by atoms with Crippen LogP contribution in [0, 0.1) is 0 Å². The summed E-state index contributed by atoms with van der Waals surface area (Å²) in [4.78, 5) is 15.3. The number of hydrogen-bond acceptors (Lipinski definition) is 3. The van der Waals surface area contributed by atoms with E-state index in [1.165, 1.54) is 54.9 Å². The van der Waals surface area contributed by atoms with Gasteiger partial charge in [-0.15, -0.1) is 0 Å². The van der Waals surface area contributed by atoms with E-state index >= 15 is 0 Å². The van der Waals surface area contributed by atoms with Crippen LogP contribution in [0.5, 0.6) is 0 Å². The summed E-state index contributed by atoms with van der Waals surface area (Å²) in [5, 5.41) is 4.93. The molecule has 0 saturated carbocycles. The smallest absolute Gasteiger partial charge is 0.238 e. The normalized spacial score (nSPS) is 11.8.